The van der Waals surface area contributed by atoms with Crippen LogP contribution >= 0.6 is 0 Å². The fourth-order valence-electron chi connectivity index (χ4n) is 1.49. The molecule has 0 amide bonds. The third-order valence-electron chi connectivity index (χ3n) is 2.44. The zero-order valence-corrected chi connectivity index (χ0v) is 12.1. The fraction of sp³-hybridized carbons (Fsp3) is 0.308. The summed E-state index contributed by atoms with van der Waals surface area (Å²) in [5.41, 5.74) is 0.463. The number of methoxy groups -OCH3 is 1. The number of carbonyl (C=O) groups is 1. The molecule has 0 saturated carbocycles. The summed E-state index contributed by atoms with van der Waals surface area (Å²) in [6, 6.07) is 4.44. The number of carboxylic acid groups (broad SMARTS) is 1. The molecule has 1 aromatic carbocycles. The molecule has 0 aliphatic rings. The summed E-state index contributed by atoms with van der Waals surface area (Å²) in [5.74, 6) is -0.893. The molecule has 1 aromatic rings. The van der Waals surface area contributed by atoms with E-state index < -0.39 is 16.0 Å². The van der Waals surface area contributed by atoms with Gasteiger partial charge in [0, 0.05) is 12.6 Å². The average molecular weight is 299 g/mol. The molecule has 0 aromatic heterocycles. The van der Waals surface area contributed by atoms with Crippen LogP contribution in [0.3, 0.4) is 0 Å². The van der Waals surface area contributed by atoms with Crippen molar-refractivity contribution in [3.05, 3.63) is 29.8 Å². The maximum absolute atomic E-state index is 12.1. The molecule has 0 unspecified atom stereocenters. The van der Waals surface area contributed by atoms with Crippen molar-refractivity contribution in [3.63, 3.8) is 0 Å². The second-order valence-electron chi connectivity index (χ2n) is 3.98. The largest absolute Gasteiger partial charge is 0.495 e. The van der Waals surface area contributed by atoms with Crippen LogP contribution in [0.25, 0.3) is 6.08 Å². The van der Waals surface area contributed by atoms with Crippen molar-refractivity contribution >= 4 is 22.1 Å². The molecule has 20 heavy (non-hydrogen) atoms. The Kier molecular flexibility index (Phi) is 5.72. The standard InChI is InChI=1S/C13H17NO5S/c1-3-8-14-20(17,18)12-9-10(5-7-13(15)16)4-6-11(12)19-2/h4-7,9,14H,3,8H2,1-2H3,(H,15,16)/b7-5+. The summed E-state index contributed by atoms with van der Waals surface area (Å²) in [5, 5.41) is 8.58. The third-order valence-corrected chi connectivity index (χ3v) is 3.92. The minimum absolute atomic E-state index is 0.0130. The first-order valence-electron chi connectivity index (χ1n) is 5.99. The Balaban J connectivity index is 3.21. The SMILES string of the molecule is CCCNS(=O)(=O)c1cc(/C=C/C(=O)O)ccc1OC. The van der Waals surface area contributed by atoms with Crippen molar-refractivity contribution in [2.75, 3.05) is 13.7 Å². The Morgan fingerprint density at radius 3 is 2.70 bits per heavy atom. The van der Waals surface area contributed by atoms with Gasteiger partial charge in [0.05, 0.1) is 7.11 Å². The highest BCUT2D eigenvalue weighted by atomic mass is 32.2. The molecular formula is C13H17NO5S. The zero-order valence-electron chi connectivity index (χ0n) is 11.3. The molecule has 0 aliphatic carbocycles. The first-order chi connectivity index (χ1) is 9.40. The Hall–Kier alpha value is -1.86. The van der Waals surface area contributed by atoms with Crippen LogP contribution < -0.4 is 9.46 Å². The lowest BCUT2D eigenvalue weighted by Crippen LogP contribution is -2.24. The van der Waals surface area contributed by atoms with Gasteiger partial charge in [-0.25, -0.2) is 17.9 Å². The van der Waals surface area contributed by atoms with Crippen molar-refractivity contribution in [1.82, 2.24) is 4.72 Å². The lowest BCUT2D eigenvalue weighted by molar-refractivity contribution is -0.131. The van der Waals surface area contributed by atoms with E-state index in [9.17, 15) is 13.2 Å². The summed E-state index contributed by atoms with van der Waals surface area (Å²) >= 11 is 0. The van der Waals surface area contributed by atoms with Crippen LogP contribution in [0.5, 0.6) is 5.75 Å². The van der Waals surface area contributed by atoms with Crippen molar-refractivity contribution in [3.8, 4) is 5.75 Å². The first-order valence-corrected chi connectivity index (χ1v) is 7.47. The Morgan fingerprint density at radius 2 is 2.15 bits per heavy atom. The van der Waals surface area contributed by atoms with Gasteiger partial charge in [-0.15, -0.1) is 0 Å². The minimum atomic E-state index is -3.68. The lowest BCUT2D eigenvalue weighted by atomic mass is 10.2. The molecule has 0 radical (unpaired) electrons. The number of nitrogens with one attached hydrogen (secondary N) is 1. The smallest absolute Gasteiger partial charge is 0.328 e. The van der Waals surface area contributed by atoms with Gasteiger partial charge in [0.15, 0.2) is 0 Å². The molecule has 0 aliphatic heterocycles. The van der Waals surface area contributed by atoms with Gasteiger partial charge in [-0.2, -0.15) is 0 Å². The van der Waals surface area contributed by atoms with Gasteiger partial charge in [0.2, 0.25) is 10.0 Å². The minimum Gasteiger partial charge on any atom is -0.495 e. The third kappa shape index (κ3) is 4.36. The predicted molar refractivity (Wildman–Crippen MR) is 75.1 cm³/mol. The van der Waals surface area contributed by atoms with E-state index in [4.69, 9.17) is 9.84 Å². The van der Waals surface area contributed by atoms with Crippen LogP contribution in [0.1, 0.15) is 18.9 Å². The van der Waals surface area contributed by atoms with E-state index in [-0.39, 0.29) is 10.6 Å². The van der Waals surface area contributed by atoms with E-state index in [1.807, 2.05) is 6.92 Å². The highest BCUT2D eigenvalue weighted by molar-refractivity contribution is 7.89. The van der Waals surface area contributed by atoms with Gasteiger partial charge in [0.25, 0.3) is 0 Å². The summed E-state index contributed by atoms with van der Waals surface area (Å²) in [4.78, 5) is 10.5. The van der Waals surface area contributed by atoms with E-state index in [0.717, 1.165) is 6.08 Å². The van der Waals surface area contributed by atoms with Crippen LogP contribution in [0.15, 0.2) is 29.2 Å². The number of ether oxygens (including phenoxy) is 1. The van der Waals surface area contributed by atoms with Gasteiger partial charge in [-0.3, -0.25) is 0 Å². The molecule has 7 heteroatoms. The maximum atomic E-state index is 12.1. The first kappa shape index (κ1) is 16.2. The monoisotopic (exact) mass is 299 g/mol. The van der Waals surface area contributed by atoms with Crippen LogP contribution in [-0.4, -0.2) is 33.1 Å². The van der Waals surface area contributed by atoms with E-state index in [1.54, 1.807) is 6.07 Å². The molecule has 1 rings (SSSR count). The molecule has 0 heterocycles. The molecule has 6 nitrogen and oxygen atoms in total. The number of hydrogen-bond acceptors (Lipinski definition) is 4. The van der Waals surface area contributed by atoms with Crippen LogP contribution in [0, 0.1) is 0 Å². The molecule has 0 atom stereocenters. The van der Waals surface area contributed by atoms with E-state index in [2.05, 4.69) is 4.72 Å². The highest BCUT2D eigenvalue weighted by Crippen LogP contribution is 2.25. The Labute approximate surface area is 118 Å². The van der Waals surface area contributed by atoms with Crippen LogP contribution in [-0.2, 0) is 14.8 Å². The zero-order chi connectivity index (χ0) is 15.2. The summed E-state index contributed by atoms with van der Waals surface area (Å²) < 4.78 is 31.7. The van der Waals surface area contributed by atoms with Gasteiger partial charge < -0.3 is 9.84 Å². The van der Waals surface area contributed by atoms with Crippen molar-refractivity contribution in [2.24, 2.45) is 0 Å². The normalized spacial score (nSPS) is 11.7. The topological polar surface area (TPSA) is 92.7 Å². The van der Waals surface area contributed by atoms with Gasteiger partial charge in [0.1, 0.15) is 10.6 Å². The average Bonchev–Trinajstić information content (AvgIpc) is 2.42. The summed E-state index contributed by atoms with van der Waals surface area (Å²) in [6.07, 6.45) is 2.93. The quantitative estimate of drug-likeness (QED) is 0.744. The number of aliphatic carboxylic acids is 1. The lowest BCUT2D eigenvalue weighted by Gasteiger charge is -2.11. The predicted octanol–water partition coefficient (Wildman–Crippen LogP) is 1.48. The van der Waals surface area contributed by atoms with Gasteiger partial charge in [-0.1, -0.05) is 13.0 Å². The summed E-state index contributed by atoms with van der Waals surface area (Å²) in [7, 11) is -2.31. The molecule has 110 valence electrons. The molecular weight excluding hydrogens is 282 g/mol. The second kappa shape index (κ2) is 7.06. The van der Waals surface area contributed by atoms with Crippen molar-refractivity contribution in [1.29, 1.82) is 0 Å². The van der Waals surface area contributed by atoms with Gasteiger partial charge in [-0.05, 0) is 30.2 Å². The molecule has 0 spiro atoms. The molecule has 0 saturated heterocycles. The molecule has 2 N–H and O–H groups in total. The maximum Gasteiger partial charge on any atom is 0.328 e. The van der Waals surface area contributed by atoms with Crippen molar-refractivity contribution < 1.29 is 23.1 Å². The Bertz CT molecular complexity index is 607. The van der Waals surface area contributed by atoms with Gasteiger partial charge >= 0.3 is 5.97 Å². The van der Waals surface area contributed by atoms with E-state index in [1.165, 1.54) is 25.3 Å². The second-order valence-corrected chi connectivity index (χ2v) is 5.72. The van der Waals surface area contributed by atoms with E-state index >= 15 is 0 Å². The van der Waals surface area contributed by atoms with Crippen LogP contribution in [0.4, 0.5) is 0 Å². The number of hydrogen-bond donors (Lipinski definition) is 2. The van der Waals surface area contributed by atoms with E-state index in [0.29, 0.717) is 18.5 Å². The fourth-order valence-corrected chi connectivity index (χ4v) is 2.82. The number of rotatable bonds is 7. The number of benzene rings is 1. The number of sulfonamides is 1. The molecule has 0 bridgehead atoms. The Morgan fingerprint density at radius 1 is 1.45 bits per heavy atom. The molecule has 0 fully saturated rings. The van der Waals surface area contributed by atoms with Crippen molar-refractivity contribution in [2.45, 2.75) is 18.2 Å². The highest BCUT2D eigenvalue weighted by Gasteiger charge is 2.19. The number of carboxylic acids is 1. The summed E-state index contributed by atoms with van der Waals surface area (Å²) in [6.45, 7) is 2.17. The van der Waals surface area contributed by atoms with Crippen LogP contribution in [0.2, 0.25) is 0 Å².